The molecule has 0 aliphatic heterocycles. The molecule has 5 aromatic rings. The van der Waals surface area contributed by atoms with Crippen LogP contribution < -0.4 is 4.74 Å². The van der Waals surface area contributed by atoms with E-state index in [2.05, 4.69) is 11.1 Å². The molecule has 0 N–H and O–H groups in total. The number of aromatic nitrogens is 1. The van der Waals surface area contributed by atoms with E-state index < -0.39 is 0 Å². The molecule has 5 heteroatoms. The summed E-state index contributed by atoms with van der Waals surface area (Å²) in [5.41, 5.74) is 3.79. The van der Waals surface area contributed by atoms with E-state index in [-0.39, 0.29) is 0 Å². The molecule has 0 atom stereocenters. The molecule has 0 radical (unpaired) electrons. The first-order valence-corrected chi connectivity index (χ1v) is 9.78. The fourth-order valence-corrected chi connectivity index (χ4v) is 3.55. The minimum atomic E-state index is 0.326. The molecule has 0 spiro atoms. The Morgan fingerprint density at radius 3 is 2.70 bits per heavy atom. The summed E-state index contributed by atoms with van der Waals surface area (Å²) >= 11 is 6.10. The van der Waals surface area contributed by atoms with Gasteiger partial charge in [-0.1, -0.05) is 41.9 Å². The zero-order valence-electron chi connectivity index (χ0n) is 15.8. The Morgan fingerprint density at radius 1 is 0.933 bits per heavy atom. The number of hydrogen-bond acceptors (Lipinski definition) is 4. The van der Waals surface area contributed by atoms with Crippen LogP contribution in [-0.4, -0.2) is 4.98 Å². The summed E-state index contributed by atoms with van der Waals surface area (Å²) in [5.74, 6) is 1.39. The van der Waals surface area contributed by atoms with Crippen molar-refractivity contribution in [3.8, 4) is 23.3 Å². The maximum atomic E-state index is 9.22. The predicted octanol–water partition coefficient (Wildman–Crippen LogP) is 6.75. The Hall–Kier alpha value is -3.81. The number of rotatable bonds is 4. The molecule has 2 heterocycles. The van der Waals surface area contributed by atoms with Gasteiger partial charge in [0, 0.05) is 21.4 Å². The van der Waals surface area contributed by atoms with Crippen LogP contribution in [0.5, 0.6) is 5.75 Å². The van der Waals surface area contributed by atoms with Gasteiger partial charge in [-0.3, -0.25) is 0 Å². The van der Waals surface area contributed by atoms with Crippen molar-refractivity contribution in [2.24, 2.45) is 0 Å². The third-order valence-electron chi connectivity index (χ3n) is 4.93. The molecule has 3 aromatic carbocycles. The van der Waals surface area contributed by atoms with Gasteiger partial charge < -0.3 is 9.15 Å². The minimum Gasteiger partial charge on any atom is -0.489 e. The van der Waals surface area contributed by atoms with Gasteiger partial charge in [0.15, 0.2) is 5.76 Å². The first-order chi connectivity index (χ1) is 14.7. The van der Waals surface area contributed by atoms with Crippen LogP contribution in [0.3, 0.4) is 0 Å². The van der Waals surface area contributed by atoms with Crippen molar-refractivity contribution in [3.05, 3.63) is 95.0 Å². The van der Waals surface area contributed by atoms with E-state index in [9.17, 15) is 5.26 Å². The lowest BCUT2D eigenvalue weighted by atomic mass is 10.1. The van der Waals surface area contributed by atoms with Gasteiger partial charge in [0.05, 0.1) is 17.1 Å². The second-order valence-corrected chi connectivity index (χ2v) is 7.34. The number of halogens is 1. The summed E-state index contributed by atoms with van der Waals surface area (Å²) in [6.45, 7) is 0.326. The van der Waals surface area contributed by atoms with Gasteiger partial charge in [0.1, 0.15) is 23.6 Å². The van der Waals surface area contributed by atoms with Crippen LogP contribution in [0.2, 0.25) is 5.02 Å². The van der Waals surface area contributed by atoms with E-state index in [1.54, 1.807) is 6.07 Å². The lowest BCUT2D eigenvalue weighted by Crippen LogP contribution is -1.97. The number of fused-ring (bicyclic) bond motifs is 2. The highest BCUT2D eigenvalue weighted by molar-refractivity contribution is 6.31. The summed E-state index contributed by atoms with van der Waals surface area (Å²) in [4.78, 5) is 4.68. The number of benzene rings is 3. The topological polar surface area (TPSA) is 59.0 Å². The molecule has 2 aromatic heterocycles. The van der Waals surface area contributed by atoms with Gasteiger partial charge in [-0.25, -0.2) is 4.98 Å². The van der Waals surface area contributed by atoms with Gasteiger partial charge in [-0.15, -0.1) is 0 Å². The van der Waals surface area contributed by atoms with E-state index >= 15 is 0 Å². The Labute approximate surface area is 177 Å². The zero-order valence-corrected chi connectivity index (χ0v) is 16.6. The second-order valence-electron chi connectivity index (χ2n) is 6.90. The van der Waals surface area contributed by atoms with Crippen molar-refractivity contribution in [3.63, 3.8) is 0 Å². The van der Waals surface area contributed by atoms with E-state index in [0.29, 0.717) is 28.7 Å². The molecule has 30 heavy (non-hydrogen) atoms. The van der Waals surface area contributed by atoms with Crippen molar-refractivity contribution >= 4 is 33.5 Å². The van der Waals surface area contributed by atoms with Crippen LogP contribution in [0.15, 0.2) is 83.3 Å². The summed E-state index contributed by atoms with van der Waals surface area (Å²) < 4.78 is 11.9. The van der Waals surface area contributed by atoms with Crippen molar-refractivity contribution in [1.82, 2.24) is 4.98 Å². The molecule has 0 amide bonds. The van der Waals surface area contributed by atoms with Crippen molar-refractivity contribution in [2.45, 2.75) is 6.61 Å². The van der Waals surface area contributed by atoms with Crippen LogP contribution in [-0.2, 0) is 6.61 Å². The molecule has 4 nitrogen and oxygen atoms in total. The summed E-state index contributed by atoms with van der Waals surface area (Å²) in [6.07, 6.45) is 0. The maximum absolute atomic E-state index is 9.22. The van der Waals surface area contributed by atoms with Gasteiger partial charge >= 0.3 is 0 Å². The third-order valence-corrected chi connectivity index (χ3v) is 5.16. The van der Waals surface area contributed by atoms with Gasteiger partial charge in [0.25, 0.3) is 0 Å². The van der Waals surface area contributed by atoms with Gasteiger partial charge in [-0.2, -0.15) is 5.26 Å². The second kappa shape index (κ2) is 7.55. The molecule has 0 bridgehead atoms. The van der Waals surface area contributed by atoms with Gasteiger partial charge in [0.2, 0.25) is 0 Å². The fourth-order valence-electron chi connectivity index (χ4n) is 3.38. The molecular formula is C25H15ClN2O2. The molecule has 0 aliphatic rings. The highest BCUT2D eigenvalue weighted by Crippen LogP contribution is 2.31. The van der Waals surface area contributed by atoms with Crippen LogP contribution in [0.1, 0.15) is 11.1 Å². The summed E-state index contributed by atoms with van der Waals surface area (Å²) in [6, 6.07) is 26.8. The van der Waals surface area contributed by atoms with E-state index in [1.807, 2.05) is 72.8 Å². The number of nitrogens with zero attached hydrogens (tertiary/aromatic N) is 2. The van der Waals surface area contributed by atoms with Crippen LogP contribution >= 0.6 is 11.6 Å². The molecular weight excluding hydrogens is 396 g/mol. The van der Waals surface area contributed by atoms with E-state index in [4.69, 9.17) is 20.8 Å². The minimum absolute atomic E-state index is 0.326. The van der Waals surface area contributed by atoms with Crippen molar-refractivity contribution < 1.29 is 9.15 Å². The highest BCUT2D eigenvalue weighted by atomic mass is 35.5. The lowest BCUT2D eigenvalue weighted by molar-refractivity contribution is 0.306. The molecule has 144 valence electrons. The molecule has 0 aliphatic carbocycles. The number of furan rings is 1. The molecule has 0 unspecified atom stereocenters. The smallest absolute Gasteiger partial charge is 0.153 e. The number of pyridine rings is 1. The fraction of sp³-hybridized carbons (Fsp3) is 0.0400. The molecule has 0 saturated heterocycles. The van der Waals surface area contributed by atoms with Crippen molar-refractivity contribution in [1.29, 1.82) is 5.26 Å². The van der Waals surface area contributed by atoms with E-state index in [0.717, 1.165) is 33.1 Å². The Balaban J connectivity index is 1.43. The van der Waals surface area contributed by atoms with Crippen LogP contribution in [0, 0.1) is 11.3 Å². The SMILES string of the molecule is N#Cc1ccccc1COc1ccc2oc(-c3ccc4ccc(Cl)cc4n3)cc2c1. The monoisotopic (exact) mass is 410 g/mol. The van der Waals surface area contributed by atoms with Crippen molar-refractivity contribution in [2.75, 3.05) is 0 Å². The lowest BCUT2D eigenvalue weighted by Gasteiger charge is -2.07. The number of ether oxygens (including phenoxy) is 1. The normalized spacial score (nSPS) is 10.9. The largest absolute Gasteiger partial charge is 0.489 e. The number of hydrogen-bond donors (Lipinski definition) is 0. The molecule has 0 fully saturated rings. The van der Waals surface area contributed by atoms with E-state index in [1.165, 1.54) is 0 Å². The summed E-state index contributed by atoms with van der Waals surface area (Å²) in [5, 5.41) is 11.8. The summed E-state index contributed by atoms with van der Waals surface area (Å²) in [7, 11) is 0. The standard InChI is InChI=1S/C25H15ClN2O2/c26-20-7-5-16-6-9-22(28-23(16)13-20)25-12-19-11-21(8-10-24(19)30-25)29-15-18-4-2-1-3-17(18)14-27/h1-13H,15H2. The Kier molecular flexibility index (Phi) is 4.59. The van der Waals surface area contributed by atoms with Crippen LogP contribution in [0.25, 0.3) is 33.3 Å². The zero-order chi connectivity index (χ0) is 20.5. The average molecular weight is 411 g/mol. The maximum Gasteiger partial charge on any atom is 0.153 e. The Morgan fingerprint density at radius 2 is 1.80 bits per heavy atom. The molecule has 0 saturated carbocycles. The number of nitriles is 1. The first kappa shape index (κ1) is 18.2. The van der Waals surface area contributed by atoms with Gasteiger partial charge in [-0.05, 0) is 48.5 Å². The quantitative estimate of drug-likeness (QED) is 0.328. The predicted molar refractivity (Wildman–Crippen MR) is 117 cm³/mol. The van der Waals surface area contributed by atoms with Crippen LogP contribution in [0.4, 0.5) is 0 Å². The average Bonchev–Trinajstić information content (AvgIpc) is 3.21. The highest BCUT2D eigenvalue weighted by Gasteiger charge is 2.10. The first-order valence-electron chi connectivity index (χ1n) is 9.41. The third kappa shape index (κ3) is 3.47. The molecule has 5 rings (SSSR count). The Bertz CT molecular complexity index is 1430.